The summed E-state index contributed by atoms with van der Waals surface area (Å²) in [6.07, 6.45) is 0. The van der Waals surface area contributed by atoms with Gasteiger partial charge in [-0.05, 0) is 107 Å². The van der Waals surface area contributed by atoms with Gasteiger partial charge in [0.05, 0.1) is 0 Å². The Balaban J connectivity index is 1.35. The lowest BCUT2D eigenvalue weighted by Crippen LogP contribution is -1.93. The van der Waals surface area contributed by atoms with E-state index in [9.17, 15) is 0 Å². The van der Waals surface area contributed by atoms with Gasteiger partial charge in [0.2, 0.25) is 0 Å². The molecular formula is C46H28O. The van der Waals surface area contributed by atoms with Crippen LogP contribution >= 0.6 is 0 Å². The van der Waals surface area contributed by atoms with Crippen LogP contribution in [0, 0.1) is 0 Å². The maximum atomic E-state index is 6.22. The lowest BCUT2D eigenvalue weighted by Gasteiger charge is -2.21. The first kappa shape index (κ1) is 26.1. The van der Waals surface area contributed by atoms with Crippen molar-refractivity contribution < 1.29 is 4.42 Å². The number of furan rings is 1. The van der Waals surface area contributed by atoms with Gasteiger partial charge in [0, 0.05) is 10.8 Å². The predicted octanol–water partition coefficient (Wildman–Crippen LogP) is 13.2. The molecule has 0 unspecified atom stereocenters. The molecule has 218 valence electrons. The molecule has 1 aromatic heterocycles. The predicted molar refractivity (Wildman–Crippen MR) is 200 cm³/mol. The summed E-state index contributed by atoms with van der Waals surface area (Å²) >= 11 is 0. The van der Waals surface area contributed by atoms with Crippen molar-refractivity contribution in [3.05, 3.63) is 170 Å². The highest BCUT2D eigenvalue weighted by atomic mass is 16.3. The zero-order valence-electron chi connectivity index (χ0n) is 25.6. The van der Waals surface area contributed by atoms with E-state index in [0.29, 0.717) is 0 Å². The molecule has 0 aliphatic heterocycles. The second-order valence-electron chi connectivity index (χ2n) is 12.4. The van der Waals surface area contributed by atoms with Crippen LogP contribution in [0.15, 0.2) is 174 Å². The van der Waals surface area contributed by atoms with Crippen molar-refractivity contribution in [2.45, 2.75) is 0 Å². The minimum Gasteiger partial charge on any atom is -0.456 e. The lowest BCUT2D eigenvalue weighted by atomic mass is 9.82. The Labute approximate surface area is 271 Å². The Morgan fingerprint density at radius 2 is 0.851 bits per heavy atom. The summed E-state index contributed by atoms with van der Waals surface area (Å²) < 4.78 is 6.22. The van der Waals surface area contributed by atoms with Crippen LogP contribution in [0.4, 0.5) is 0 Å². The number of rotatable bonds is 3. The highest BCUT2D eigenvalue weighted by Crippen LogP contribution is 2.48. The standard InChI is InChI=1S/C46H28O/c1-2-12-29(13-3-1)39-26-31-23-22-30-14-4-5-15-33(30)40(31)28-42(39)46-37-19-8-6-17-35(37)45(36-18-7-9-20-38(36)46)32-24-25-44-41(27-32)34-16-10-11-21-43(34)47-44/h1-28H. The van der Waals surface area contributed by atoms with Crippen LogP contribution in [0.2, 0.25) is 0 Å². The van der Waals surface area contributed by atoms with Gasteiger partial charge in [0.25, 0.3) is 0 Å². The summed E-state index contributed by atoms with van der Waals surface area (Å²) in [6.45, 7) is 0. The molecule has 0 amide bonds. The van der Waals surface area contributed by atoms with Crippen molar-refractivity contribution in [2.24, 2.45) is 0 Å². The first-order chi connectivity index (χ1) is 23.3. The van der Waals surface area contributed by atoms with Gasteiger partial charge in [-0.2, -0.15) is 0 Å². The molecule has 0 bridgehead atoms. The molecule has 0 radical (unpaired) electrons. The molecule has 1 heterocycles. The highest BCUT2D eigenvalue weighted by molar-refractivity contribution is 6.24. The van der Waals surface area contributed by atoms with Gasteiger partial charge in [-0.3, -0.25) is 0 Å². The summed E-state index contributed by atoms with van der Waals surface area (Å²) in [6, 6.07) is 61.7. The van der Waals surface area contributed by atoms with E-state index in [1.165, 1.54) is 76.5 Å². The first-order valence-corrected chi connectivity index (χ1v) is 16.2. The lowest BCUT2D eigenvalue weighted by molar-refractivity contribution is 0.669. The third-order valence-corrected chi connectivity index (χ3v) is 9.83. The number of hydrogen-bond acceptors (Lipinski definition) is 1. The molecule has 1 heteroatoms. The minimum atomic E-state index is 0.913. The van der Waals surface area contributed by atoms with E-state index >= 15 is 0 Å². The maximum absolute atomic E-state index is 6.22. The molecule has 0 fully saturated rings. The fraction of sp³-hybridized carbons (Fsp3) is 0. The Bertz CT molecular complexity index is 2780. The average Bonchev–Trinajstić information content (AvgIpc) is 3.51. The van der Waals surface area contributed by atoms with Crippen LogP contribution in [0.5, 0.6) is 0 Å². The molecule has 10 aromatic rings. The number of benzene rings is 9. The van der Waals surface area contributed by atoms with Crippen LogP contribution in [-0.4, -0.2) is 0 Å². The molecule has 0 saturated heterocycles. The number of para-hydroxylation sites is 1. The van der Waals surface area contributed by atoms with Crippen molar-refractivity contribution in [1.29, 1.82) is 0 Å². The number of fused-ring (bicyclic) bond motifs is 8. The van der Waals surface area contributed by atoms with E-state index in [1.54, 1.807) is 0 Å². The van der Waals surface area contributed by atoms with Crippen LogP contribution in [0.25, 0.3) is 98.4 Å². The Kier molecular flexibility index (Phi) is 5.64. The summed E-state index contributed by atoms with van der Waals surface area (Å²) in [4.78, 5) is 0. The summed E-state index contributed by atoms with van der Waals surface area (Å²) in [7, 11) is 0. The normalized spacial score (nSPS) is 11.8. The minimum absolute atomic E-state index is 0.913. The topological polar surface area (TPSA) is 13.1 Å². The molecule has 9 aromatic carbocycles. The van der Waals surface area contributed by atoms with Crippen LogP contribution in [0.1, 0.15) is 0 Å². The fourth-order valence-corrected chi connectivity index (χ4v) is 7.73. The molecule has 10 rings (SSSR count). The number of hydrogen-bond donors (Lipinski definition) is 0. The van der Waals surface area contributed by atoms with Gasteiger partial charge < -0.3 is 4.42 Å². The summed E-state index contributed by atoms with van der Waals surface area (Å²) in [5.74, 6) is 0. The van der Waals surface area contributed by atoms with Gasteiger partial charge in [0.15, 0.2) is 0 Å². The zero-order chi connectivity index (χ0) is 30.9. The SMILES string of the molecule is c1ccc(-c2cc3ccc4ccccc4c3cc2-c2c3ccccc3c(-c3ccc4oc5ccccc5c4c3)c3ccccc23)cc1. The molecule has 0 atom stereocenters. The Morgan fingerprint density at radius 1 is 0.277 bits per heavy atom. The molecule has 47 heavy (non-hydrogen) atoms. The van der Waals surface area contributed by atoms with E-state index in [4.69, 9.17) is 4.42 Å². The molecule has 1 nitrogen and oxygen atoms in total. The van der Waals surface area contributed by atoms with E-state index < -0.39 is 0 Å². The van der Waals surface area contributed by atoms with Crippen molar-refractivity contribution in [2.75, 3.05) is 0 Å². The molecular weight excluding hydrogens is 569 g/mol. The van der Waals surface area contributed by atoms with Gasteiger partial charge in [-0.25, -0.2) is 0 Å². The fourth-order valence-electron chi connectivity index (χ4n) is 7.73. The first-order valence-electron chi connectivity index (χ1n) is 16.2. The van der Waals surface area contributed by atoms with Crippen LogP contribution in [0.3, 0.4) is 0 Å². The monoisotopic (exact) mass is 596 g/mol. The summed E-state index contributed by atoms with van der Waals surface area (Å²) in [5.41, 5.74) is 9.24. The maximum Gasteiger partial charge on any atom is 0.135 e. The van der Waals surface area contributed by atoms with Gasteiger partial charge in [0.1, 0.15) is 11.2 Å². The smallest absolute Gasteiger partial charge is 0.135 e. The van der Waals surface area contributed by atoms with Crippen molar-refractivity contribution in [1.82, 2.24) is 0 Å². The quantitative estimate of drug-likeness (QED) is 0.146. The largest absolute Gasteiger partial charge is 0.456 e. The third-order valence-electron chi connectivity index (χ3n) is 9.83. The van der Waals surface area contributed by atoms with E-state index in [-0.39, 0.29) is 0 Å². The van der Waals surface area contributed by atoms with Gasteiger partial charge >= 0.3 is 0 Å². The molecule has 0 N–H and O–H groups in total. The van der Waals surface area contributed by atoms with E-state index in [2.05, 4.69) is 158 Å². The third kappa shape index (κ3) is 3.97. The summed E-state index contributed by atoms with van der Waals surface area (Å²) in [5, 5.41) is 12.3. The molecule has 0 aliphatic rings. The van der Waals surface area contributed by atoms with Crippen molar-refractivity contribution in [3.63, 3.8) is 0 Å². The second kappa shape index (κ2) is 10.2. The second-order valence-corrected chi connectivity index (χ2v) is 12.4. The van der Waals surface area contributed by atoms with Gasteiger partial charge in [-0.1, -0.05) is 140 Å². The van der Waals surface area contributed by atoms with Crippen LogP contribution in [-0.2, 0) is 0 Å². The van der Waals surface area contributed by atoms with Crippen LogP contribution < -0.4 is 0 Å². The van der Waals surface area contributed by atoms with Crippen molar-refractivity contribution >= 4 is 65.0 Å². The molecule has 0 aliphatic carbocycles. The zero-order valence-corrected chi connectivity index (χ0v) is 25.6. The van der Waals surface area contributed by atoms with E-state index in [0.717, 1.165) is 21.9 Å². The van der Waals surface area contributed by atoms with E-state index in [1.807, 2.05) is 12.1 Å². The molecule has 0 saturated carbocycles. The van der Waals surface area contributed by atoms with Gasteiger partial charge in [-0.15, -0.1) is 0 Å². The highest BCUT2D eigenvalue weighted by Gasteiger charge is 2.20. The van der Waals surface area contributed by atoms with Crippen molar-refractivity contribution in [3.8, 4) is 33.4 Å². The Morgan fingerprint density at radius 3 is 1.60 bits per heavy atom. The Hall–Kier alpha value is -6.18. The average molecular weight is 597 g/mol. The molecule has 0 spiro atoms.